The number of halogens is 1. The number of hydrogen-bond donors (Lipinski definition) is 1. The molecule has 0 saturated carbocycles. The molecular formula is C20H18IN3O3. The van der Waals surface area contributed by atoms with Gasteiger partial charge in [-0.3, -0.25) is 4.79 Å². The molecule has 0 unspecified atom stereocenters. The molecule has 27 heavy (non-hydrogen) atoms. The number of benzene rings is 2. The summed E-state index contributed by atoms with van der Waals surface area (Å²) in [5.74, 6) is 0.723. The van der Waals surface area contributed by atoms with E-state index >= 15 is 0 Å². The fraction of sp³-hybridized carbons (Fsp3) is 0.100. The third-order valence-corrected chi connectivity index (χ3v) is 4.42. The quantitative estimate of drug-likeness (QED) is 0.323. The highest BCUT2D eigenvalue weighted by atomic mass is 127. The van der Waals surface area contributed by atoms with Gasteiger partial charge in [-0.25, -0.2) is 5.43 Å². The molecule has 0 saturated heterocycles. The summed E-state index contributed by atoms with van der Waals surface area (Å²) in [6, 6.07) is 19.1. The van der Waals surface area contributed by atoms with Gasteiger partial charge in [-0.1, -0.05) is 12.1 Å². The highest BCUT2D eigenvalue weighted by Crippen LogP contribution is 2.25. The van der Waals surface area contributed by atoms with E-state index in [9.17, 15) is 4.79 Å². The van der Waals surface area contributed by atoms with Crippen molar-refractivity contribution in [3.63, 3.8) is 0 Å². The highest BCUT2D eigenvalue weighted by Gasteiger charge is 2.06. The zero-order valence-electron chi connectivity index (χ0n) is 14.6. The lowest BCUT2D eigenvalue weighted by Gasteiger charge is -2.09. The maximum absolute atomic E-state index is 11.9. The molecule has 0 radical (unpaired) electrons. The zero-order valence-corrected chi connectivity index (χ0v) is 16.8. The number of carbonyl (C=O) groups excluding carboxylic acids is 1. The summed E-state index contributed by atoms with van der Waals surface area (Å²) in [7, 11) is 1.55. The molecule has 0 fully saturated rings. The number of para-hydroxylation sites is 2. The molecule has 0 aliphatic carbocycles. The van der Waals surface area contributed by atoms with Gasteiger partial charge in [-0.05, 0) is 71.1 Å². The molecule has 1 amide bonds. The maximum Gasteiger partial charge on any atom is 0.277 e. The van der Waals surface area contributed by atoms with Crippen LogP contribution in [0.25, 0.3) is 5.69 Å². The predicted molar refractivity (Wildman–Crippen MR) is 113 cm³/mol. The molecule has 1 aromatic heterocycles. The largest absolute Gasteiger partial charge is 0.493 e. The van der Waals surface area contributed by atoms with Gasteiger partial charge < -0.3 is 14.0 Å². The van der Waals surface area contributed by atoms with Gasteiger partial charge >= 0.3 is 0 Å². The van der Waals surface area contributed by atoms with Gasteiger partial charge in [0.1, 0.15) is 0 Å². The van der Waals surface area contributed by atoms with Crippen LogP contribution in [0.1, 0.15) is 5.69 Å². The summed E-state index contributed by atoms with van der Waals surface area (Å²) in [5.41, 5.74) is 4.34. The molecule has 6 nitrogen and oxygen atoms in total. The Morgan fingerprint density at radius 2 is 1.85 bits per heavy atom. The Bertz CT molecular complexity index is 936. The fourth-order valence-electron chi connectivity index (χ4n) is 2.42. The Morgan fingerprint density at radius 3 is 2.59 bits per heavy atom. The van der Waals surface area contributed by atoms with E-state index in [1.807, 2.05) is 59.3 Å². The fourth-order valence-corrected chi connectivity index (χ4v) is 2.78. The number of hydrazone groups is 1. The minimum absolute atomic E-state index is 0.157. The third-order valence-electron chi connectivity index (χ3n) is 3.70. The zero-order chi connectivity index (χ0) is 19.1. The van der Waals surface area contributed by atoms with E-state index in [0.29, 0.717) is 11.5 Å². The number of hydrogen-bond acceptors (Lipinski definition) is 4. The number of methoxy groups -OCH3 is 1. The van der Waals surface area contributed by atoms with E-state index in [0.717, 1.165) is 11.4 Å². The van der Waals surface area contributed by atoms with Crippen LogP contribution in [0.15, 0.2) is 72.0 Å². The Morgan fingerprint density at radius 1 is 1.11 bits per heavy atom. The van der Waals surface area contributed by atoms with Gasteiger partial charge in [-0.2, -0.15) is 5.10 Å². The van der Waals surface area contributed by atoms with Crippen LogP contribution < -0.4 is 14.9 Å². The summed E-state index contributed by atoms with van der Waals surface area (Å²) in [6.45, 7) is -0.157. The monoisotopic (exact) mass is 475 g/mol. The van der Waals surface area contributed by atoms with Gasteiger partial charge in [0.25, 0.3) is 5.91 Å². The first-order chi connectivity index (χ1) is 13.2. The summed E-state index contributed by atoms with van der Waals surface area (Å²) in [5, 5.41) is 4.01. The van der Waals surface area contributed by atoms with Crippen molar-refractivity contribution in [3.8, 4) is 17.2 Å². The van der Waals surface area contributed by atoms with Crippen LogP contribution in [0.2, 0.25) is 0 Å². The second-order valence-corrected chi connectivity index (χ2v) is 6.76. The van der Waals surface area contributed by atoms with Gasteiger partial charge in [0.15, 0.2) is 18.1 Å². The van der Waals surface area contributed by atoms with Crippen molar-refractivity contribution < 1.29 is 14.3 Å². The SMILES string of the molecule is COc1ccccc1OCC(=O)N/N=C/c1cccn1-c1ccc(I)cc1. The minimum Gasteiger partial charge on any atom is -0.493 e. The molecule has 1 heterocycles. The molecule has 7 heteroatoms. The van der Waals surface area contributed by atoms with E-state index in [1.54, 1.807) is 25.5 Å². The first-order valence-corrected chi connectivity index (χ1v) is 9.26. The van der Waals surface area contributed by atoms with Crippen LogP contribution in [-0.4, -0.2) is 30.4 Å². The van der Waals surface area contributed by atoms with Crippen molar-refractivity contribution in [3.05, 3.63) is 76.1 Å². The Kier molecular flexibility index (Phi) is 6.48. The Balaban J connectivity index is 1.57. The summed E-state index contributed by atoms with van der Waals surface area (Å²) in [4.78, 5) is 11.9. The lowest BCUT2D eigenvalue weighted by Crippen LogP contribution is -2.24. The standard InChI is InChI=1S/C20H18IN3O3/c1-26-18-6-2-3-7-19(18)27-14-20(25)23-22-13-17-5-4-12-24(17)16-10-8-15(21)9-11-16/h2-13H,14H2,1H3,(H,23,25)/b22-13+. The summed E-state index contributed by atoms with van der Waals surface area (Å²) >= 11 is 2.27. The molecule has 0 aliphatic heterocycles. The highest BCUT2D eigenvalue weighted by molar-refractivity contribution is 14.1. The number of ether oxygens (including phenoxy) is 2. The predicted octanol–water partition coefficient (Wildman–Crippen LogP) is 3.62. The lowest BCUT2D eigenvalue weighted by atomic mass is 10.3. The average Bonchev–Trinajstić information content (AvgIpc) is 3.15. The van der Waals surface area contributed by atoms with Gasteiger partial charge in [0.05, 0.1) is 19.0 Å². The van der Waals surface area contributed by atoms with Crippen LogP contribution >= 0.6 is 22.6 Å². The van der Waals surface area contributed by atoms with Crippen molar-refractivity contribution in [1.82, 2.24) is 9.99 Å². The molecule has 3 rings (SSSR count). The topological polar surface area (TPSA) is 64.8 Å². The summed E-state index contributed by atoms with van der Waals surface area (Å²) in [6.07, 6.45) is 3.54. The lowest BCUT2D eigenvalue weighted by molar-refractivity contribution is -0.123. The molecule has 0 aliphatic rings. The average molecular weight is 475 g/mol. The minimum atomic E-state index is -0.357. The van der Waals surface area contributed by atoms with Gasteiger partial charge in [0, 0.05) is 15.5 Å². The molecule has 1 N–H and O–H groups in total. The van der Waals surface area contributed by atoms with Crippen molar-refractivity contribution in [2.24, 2.45) is 5.10 Å². The third kappa shape index (κ3) is 5.10. The normalized spacial score (nSPS) is 10.7. The van der Waals surface area contributed by atoms with Crippen molar-refractivity contribution in [2.45, 2.75) is 0 Å². The van der Waals surface area contributed by atoms with Gasteiger partial charge in [-0.15, -0.1) is 0 Å². The molecule has 0 bridgehead atoms. The van der Waals surface area contributed by atoms with E-state index < -0.39 is 0 Å². The van der Waals surface area contributed by atoms with Crippen LogP contribution in [0.5, 0.6) is 11.5 Å². The molecule has 2 aromatic carbocycles. The second-order valence-electron chi connectivity index (χ2n) is 5.51. The molecule has 3 aromatic rings. The number of nitrogens with zero attached hydrogens (tertiary/aromatic N) is 2. The van der Waals surface area contributed by atoms with E-state index in [4.69, 9.17) is 9.47 Å². The number of carbonyl (C=O) groups is 1. The Hall–Kier alpha value is -2.81. The first kappa shape index (κ1) is 19.0. The van der Waals surface area contributed by atoms with E-state index in [-0.39, 0.29) is 12.5 Å². The first-order valence-electron chi connectivity index (χ1n) is 8.18. The molecular weight excluding hydrogens is 457 g/mol. The maximum atomic E-state index is 11.9. The van der Waals surface area contributed by atoms with Crippen LogP contribution in [-0.2, 0) is 4.79 Å². The number of nitrogens with one attached hydrogen (secondary N) is 1. The van der Waals surface area contributed by atoms with Crippen molar-refractivity contribution in [2.75, 3.05) is 13.7 Å². The van der Waals surface area contributed by atoms with Crippen LogP contribution in [0.4, 0.5) is 0 Å². The molecule has 0 spiro atoms. The number of aromatic nitrogens is 1. The molecule has 138 valence electrons. The second kappa shape index (κ2) is 9.22. The van der Waals surface area contributed by atoms with Gasteiger partial charge in [0.2, 0.25) is 0 Å². The summed E-state index contributed by atoms with van der Waals surface area (Å²) < 4.78 is 13.8. The molecule has 0 atom stereocenters. The van der Waals surface area contributed by atoms with Crippen molar-refractivity contribution >= 4 is 34.7 Å². The van der Waals surface area contributed by atoms with Crippen LogP contribution in [0, 0.1) is 3.57 Å². The smallest absolute Gasteiger partial charge is 0.277 e. The van der Waals surface area contributed by atoms with E-state index in [1.165, 1.54) is 3.57 Å². The number of rotatable bonds is 7. The number of amides is 1. The van der Waals surface area contributed by atoms with E-state index in [2.05, 4.69) is 33.1 Å². The Labute approximate surface area is 170 Å². The van der Waals surface area contributed by atoms with Crippen LogP contribution in [0.3, 0.4) is 0 Å². The van der Waals surface area contributed by atoms with Crippen molar-refractivity contribution in [1.29, 1.82) is 0 Å².